The molecule has 0 saturated carbocycles. The van der Waals surface area contributed by atoms with Crippen molar-refractivity contribution in [1.82, 2.24) is 0 Å². The molecule has 0 unspecified atom stereocenters. The molecule has 1 aromatic heterocycles. The highest BCUT2D eigenvalue weighted by atomic mass is 19.1. The summed E-state index contributed by atoms with van der Waals surface area (Å²) in [6, 6.07) is 12.2. The van der Waals surface area contributed by atoms with Crippen LogP contribution in [0.3, 0.4) is 0 Å². The van der Waals surface area contributed by atoms with E-state index < -0.39 is 23.6 Å². The van der Waals surface area contributed by atoms with Gasteiger partial charge >= 0.3 is 5.97 Å². The van der Waals surface area contributed by atoms with E-state index in [0.29, 0.717) is 11.0 Å². The predicted octanol–water partition coefficient (Wildman–Crippen LogP) is 4.11. The lowest BCUT2D eigenvalue weighted by Crippen LogP contribution is -2.18. The highest BCUT2D eigenvalue weighted by Crippen LogP contribution is 2.31. The number of esters is 1. The monoisotopic (exact) mass is 398 g/mol. The number of hydrogen-bond donors (Lipinski definition) is 2. The van der Waals surface area contributed by atoms with E-state index in [-0.39, 0.29) is 36.6 Å². The Morgan fingerprint density at radius 2 is 1.83 bits per heavy atom. The van der Waals surface area contributed by atoms with Gasteiger partial charge in [0.2, 0.25) is 11.7 Å². The Labute approximate surface area is 165 Å². The molecule has 2 aromatic carbocycles. The van der Waals surface area contributed by atoms with Gasteiger partial charge in [-0.25, -0.2) is 4.39 Å². The fraction of sp³-hybridized carbons (Fsp3) is 0.190. The van der Waals surface area contributed by atoms with E-state index in [2.05, 4.69) is 10.6 Å². The molecule has 0 radical (unpaired) electrons. The van der Waals surface area contributed by atoms with Crippen molar-refractivity contribution < 1.29 is 27.9 Å². The fourth-order valence-electron chi connectivity index (χ4n) is 2.73. The van der Waals surface area contributed by atoms with Gasteiger partial charge in [0.15, 0.2) is 0 Å². The number of halogens is 1. The quantitative estimate of drug-likeness (QED) is 0.584. The molecule has 0 spiro atoms. The summed E-state index contributed by atoms with van der Waals surface area (Å²) in [5.41, 5.74) is 0.830. The third-order valence-electron chi connectivity index (χ3n) is 4.01. The average Bonchev–Trinajstić information content (AvgIpc) is 3.05. The van der Waals surface area contributed by atoms with E-state index in [0.717, 1.165) is 6.07 Å². The Bertz CT molecular complexity index is 1060. The first kappa shape index (κ1) is 20.1. The van der Waals surface area contributed by atoms with E-state index in [1.165, 1.54) is 18.2 Å². The minimum absolute atomic E-state index is 0.0831. The number of rotatable bonds is 7. The average molecular weight is 398 g/mol. The van der Waals surface area contributed by atoms with E-state index in [4.69, 9.17) is 9.15 Å². The number of carbonyl (C=O) groups excluding carboxylic acids is 3. The van der Waals surface area contributed by atoms with Crippen molar-refractivity contribution in [2.45, 2.75) is 19.8 Å². The second-order valence-electron chi connectivity index (χ2n) is 6.12. The Kier molecular flexibility index (Phi) is 6.23. The van der Waals surface area contributed by atoms with Crippen molar-refractivity contribution in [2.24, 2.45) is 0 Å². The number of para-hydroxylation sites is 1. The van der Waals surface area contributed by atoms with Crippen LogP contribution in [0.5, 0.6) is 0 Å². The van der Waals surface area contributed by atoms with E-state index in [1.54, 1.807) is 31.2 Å². The number of amides is 2. The Morgan fingerprint density at radius 1 is 1.03 bits per heavy atom. The number of carbonyl (C=O) groups is 3. The molecule has 0 saturated heterocycles. The topological polar surface area (TPSA) is 97.6 Å². The second kappa shape index (κ2) is 9.01. The van der Waals surface area contributed by atoms with Crippen LogP contribution in [0, 0.1) is 5.82 Å². The van der Waals surface area contributed by atoms with Crippen LogP contribution >= 0.6 is 0 Å². The van der Waals surface area contributed by atoms with Crippen molar-refractivity contribution >= 4 is 40.1 Å². The van der Waals surface area contributed by atoms with Gasteiger partial charge in [-0.1, -0.05) is 18.2 Å². The van der Waals surface area contributed by atoms with Crippen molar-refractivity contribution in [3.63, 3.8) is 0 Å². The van der Waals surface area contributed by atoms with Crippen LogP contribution in [0.15, 0.2) is 52.9 Å². The minimum atomic E-state index is -0.646. The van der Waals surface area contributed by atoms with Crippen LogP contribution in [-0.4, -0.2) is 24.4 Å². The van der Waals surface area contributed by atoms with Gasteiger partial charge in [-0.15, -0.1) is 0 Å². The molecule has 1 heterocycles. The van der Waals surface area contributed by atoms with Gasteiger partial charge in [-0.05, 0) is 37.3 Å². The first-order valence-electron chi connectivity index (χ1n) is 9.02. The van der Waals surface area contributed by atoms with Crippen LogP contribution < -0.4 is 10.6 Å². The molecule has 29 heavy (non-hydrogen) atoms. The SMILES string of the molecule is CCOC(=O)CCC(=O)Nc1c(C(=O)Nc2cccc(F)c2)oc2ccccc12. The minimum Gasteiger partial charge on any atom is -0.466 e. The zero-order valence-electron chi connectivity index (χ0n) is 15.7. The number of hydrogen-bond acceptors (Lipinski definition) is 5. The second-order valence-corrected chi connectivity index (χ2v) is 6.12. The van der Waals surface area contributed by atoms with Gasteiger partial charge in [-0.3, -0.25) is 14.4 Å². The van der Waals surface area contributed by atoms with Crippen LogP contribution in [-0.2, 0) is 14.3 Å². The molecule has 0 fully saturated rings. The molecule has 150 valence electrons. The number of benzene rings is 2. The van der Waals surface area contributed by atoms with Crippen molar-refractivity contribution in [3.8, 4) is 0 Å². The summed E-state index contributed by atoms with van der Waals surface area (Å²) in [6.07, 6.45) is -0.191. The number of fused-ring (bicyclic) bond motifs is 1. The molecular weight excluding hydrogens is 379 g/mol. The van der Waals surface area contributed by atoms with E-state index in [1.807, 2.05) is 0 Å². The largest absolute Gasteiger partial charge is 0.466 e. The highest BCUT2D eigenvalue weighted by molar-refractivity contribution is 6.14. The van der Waals surface area contributed by atoms with Crippen LogP contribution in [0.4, 0.5) is 15.8 Å². The maximum atomic E-state index is 13.4. The Balaban J connectivity index is 1.83. The van der Waals surface area contributed by atoms with Gasteiger partial charge in [0, 0.05) is 17.5 Å². The molecule has 3 rings (SSSR count). The summed E-state index contributed by atoms with van der Waals surface area (Å²) in [5, 5.41) is 5.71. The highest BCUT2D eigenvalue weighted by Gasteiger charge is 2.22. The van der Waals surface area contributed by atoms with E-state index >= 15 is 0 Å². The van der Waals surface area contributed by atoms with Crippen LogP contribution in [0.25, 0.3) is 11.0 Å². The summed E-state index contributed by atoms with van der Waals surface area (Å²) in [6.45, 7) is 1.91. The molecule has 0 aliphatic rings. The first-order chi connectivity index (χ1) is 14.0. The molecular formula is C21H19FN2O5. The lowest BCUT2D eigenvalue weighted by molar-refractivity contribution is -0.144. The normalized spacial score (nSPS) is 10.6. The summed E-state index contributed by atoms with van der Waals surface area (Å²) in [4.78, 5) is 36.4. The molecule has 0 bridgehead atoms. The zero-order valence-corrected chi connectivity index (χ0v) is 15.7. The number of anilines is 2. The summed E-state index contributed by atoms with van der Waals surface area (Å²) in [5.74, 6) is -2.22. The molecule has 8 heteroatoms. The smallest absolute Gasteiger partial charge is 0.306 e. The van der Waals surface area contributed by atoms with Gasteiger partial charge in [-0.2, -0.15) is 0 Å². The number of nitrogens with one attached hydrogen (secondary N) is 2. The molecule has 0 aliphatic carbocycles. The van der Waals surface area contributed by atoms with Crippen molar-refractivity contribution in [3.05, 3.63) is 60.1 Å². The number of furan rings is 1. The standard InChI is InChI=1S/C21H19FN2O5/c1-2-28-18(26)11-10-17(25)24-19-15-8-3-4-9-16(15)29-20(19)21(27)23-14-7-5-6-13(22)12-14/h3-9,12H,2,10-11H2,1H3,(H,23,27)(H,24,25). The summed E-state index contributed by atoms with van der Waals surface area (Å²) in [7, 11) is 0. The van der Waals surface area contributed by atoms with Crippen molar-refractivity contribution in [1.29, 1.82) is 0 Å². The Hall–Kier alpha value is -3.68. The van der Waals surface area contributed by atoms with Crippen LogP contribution in [0.1, 0.15) is 30.3 Å². The summed E-state index contributed by atoms with van der Waals surface area (Å²) >= 11 is 0. The third-order valence-corrected chi connectivity index (χ3v) is 4.01. The molecule has 0 atom stereocenters. The predicted molar refractivity (Wildman–Crippen MR) is 105 cm³/mol. The maximum Gasteiger partial charge on any atom is 0.306 e. The summed E-state index contributed by atoms with van der Waals surface area (Å²) < 4.78 is 23.8. The maximum absolute atomic E-state index is 13.4. The molecule has 0 aliphatic heterocycles. The van der Waals surface area contributed by atoms with Crippen molar-refractivity contribution in [2.75, 3.05) is 17.2 Å². The number of ether oxygens (including phenoxy) is 1. The zero-order chi connectivity index (χ0) is 20.8. The van der Waals surface area contributed by atoms with E-state index in [9.17, 15) is 18.8 Å². The van der Waals surface area contributed by atoms with Crippen LogP contribution in [0.2, 0.25) is 0 Å². The lowest BCUT2D eigenvalue weighted by Gasteiger charge is -2.07. The van der Waals surface area contributed by atoms with Gasteiger partial charge in [0.05, 0.1) is 13.0 Å². The Morgan fingerprint density at radius 3 is 2.59 bits per heavy atom. The molecule has 7 nitrogen and oxygen atoms in total. The third kappa shape index (κ3) is 4.98. The van der Waals surface area contributed by atoms with Gasteiger partial charge in [0.25, 0.3) is 5.91 Å². The lowest BCUT2D eigenvalue weighted by atomic mass is 10.2. The molecule has 2 amide bonds. The van der Waals surface area contributed by atoms with Gasteiger partial charge in [0.1, 0.15) is 17.1 Å². The van der Waals surface area contributed by atoms with Gasteiger partial charge < -0.3 is 19.8 Å². The fourth-order valence-corrected chi connectivity index (χ4v) is 2.73. The molecule has 3 aromatic rings. The first-order valence-corrected chi connectivity index (χ1v) is 9.02. The molecule has 2 N–H and O–H groups in total.